The smallest absolute Gasteiger partial charge is 0.191 e. The number of thiophene rings is 1. The number of para-hydroxylation sites is 1. The van der Waals surface area contributed by atoms with E-state index in [0.29, 0.717) is 12.3 Å². The lowest BCUT2D eigenvalue weighted by Crippen LogP contribution is -2.07. The Bertz CT molecular complexity index is 1170. The second-order valence-corrected chi connectivity index (χ2v) is 10.1. The quantitative estimate of drug-likeness (QED) is 0.203. The van der Waals surface area contributed by atoms with Crippen molar-refractivity contribution in [3.8, 4) is 17.1 Å². The van der Waals surface area contributed by atoms with E-state index in [2.05, 4.69) is 42.8 Å². The highest BCUT2D eigenvalue weighted by Gasteiger charge is 2.19. The van der Waals surface area contributed by atoms with Gasteiger partial charge in [-0.1, -0.05) is 54.2 Å². The fourth-order valence-electron chi connectivity index (χ4n) is 3.18. The Kier molecular flexibility index (Phi) is 7.21. The zero-order chi connectivity index (χ0) is 21.6. The van der Waals surface area contributed by atoms with Gasteiger partial charge in [-0.2, -0.15) is 0 Å². The Hall–Kier alpha value is -2.42. The van der Waals surface area contributed by atoms with Crippen LogP contribution in [0.2, 0.25) is 0 Å². The van der Waals surface area contributed by atoms with E-state index in [1.54, 1.807) is 7.11 Å². The Morgan fingerprint density at radius 3 is 2.58 bits per heavy atom. The van der Waals surface area contributed by atoms with Crippen LogP contribution in [0.3, 0.4) is 0 Å². The predicted octanol–water partition coefficient (Wildman–Crippen LogP) is 6.00. The van der Waals surface area contributed by atoms with Crippen LogP contribution in [0.25, 0.3) is 11.4 Å². The van der Waals surface area contributed by atoms with Crippen molar-refractivity contribution in [2.75, 3.05) is 12.9 Å². The number of ether oxygens (including phenoxy) is 1. The molecular formula is C23H20BrN3O2S2. The van der Waals surface area contributed by atoms with Gasteiger partial charge >= 0.3 is 0 Å². The van der Waals surface area contributed by atoms with Gasteiger partial charge in [0.1, 0.15) is 5.75 Å². The third kappa shape index (κ3) is 5.26. The second kappa shape index (κ2) is 10.3. The van der Waals surface area contributed by atoms with Crippen LogP contribution in [0.1, 0.15) is 15.2 Å². The molecule has 0 spiro atoms. The molecule has 0 fully saturated rings. The Morgan fingerprint density at radius 1 is 1.06 bits per heavy atom. The molecule has 0 N–H and O–H groups in total. The fourth-order valence-corrected chi connectivity index (χ4v) is 5.44. The van der Waals surface area contributed by atoms with Gasteiger partial charge in [-0.15, -0.1) is 21.5 Å². The van der Waals surface area contributed by atoms with Crippen LogP contribution in [0, 0.1) is 0 Å². The zero-order valence-corrected chi connectivity index (χ0v) is 20.0. The molecule has 4 aromatic rings. The van der Waals surface area contributed by atoms with Crippen molar-refractivity contribution >= 4 is 44.8 Å². The van der Waals surface area contributed by atoms with Crippen molar-refractivity contribution in [1.82, 2.24) is 14.8 Å². The largest absolute Gasteiger partial charge is 0.496 e. The van der Waals surface area contributed by atoms with Gasteiger partial charge in [0.05, 0.1) is 27.1 Å². The summed E-state index contributed by atoms with van der Waals surface area (Å²) in [6.45, 7) is 0.700. The van der Waals surface area contributed by atoms with Crippen molar-refractivity contribution < 1.29 is 9.53 Å². The van der Waals surface area contributed by atoms with E-state index < -0.39 is 0 Å². The van der Waals surface area contributed by atoms with Gasteiger partial charge in [-0.05, 0) is 52.2 Å². The molecule has 2 heterocycles. The summed E-state index contributed by atoms with van der Waals surface area (Å²) in [5.41, 5.74) is 2.11. The highest BCUT2D eigenvalue weighted by Crippen LogP contribution is 2.32. The SMILES string of the molecule is COc1ccccc1-c1nnc(SCC(=O)c2ccc(Br)s2)n1CCc1ccccc1. The molecule has 0 radical (unpaired) electrons. The minimum absolute atomic E-state index is 0.0807. The summed E-state index contributed by atoms with van der Waals surface area (Å²) in [5, 5.41) is 9.59. The summed E-state index contributed by atoms with van der Waals surface area (Å²) in [6.07, 6.45) is 0.834. The Morgan fingerprint density at radius 2 is 1.84 bits per heavy atom. The van der Waals surface area contributed by atoms with Crippen molar-refractivity contribution in [1.29, 1.82) is 0 Å². The molecule has 0 saturated heterocycles. The van der Waals surface area contributed by atoms with Crippen LogP contribution in [-0.4, -0.2) is 33.4 Å². The molecule has 158 valence electrons. The van der Waals surface area contributed by atoms with E-state index in [1.807, 2.05) is 54.6 Å². The lowest BCUT2D eigenvalue weighted by Gasteiger charge is -2.12. The van der Waals surface area contributed by atoms with E-state index in [-0.39, 0.29) is 5.78 Å². The minimum Gasteiger partial charge on any atom is -0.496 e. The molecule has 0 saturated carbocycles. The van der Waals surface area contributed by atoms with Gasteiger partial charge in [-0.3, -0.25) is 4.79 Å². The molecule has 0 bridgehead atoms. The summed E-state index contributed by atoms with van der Waals surface area (Å²) < 4.78 is 8.57. The fraction of sp³-hybridized carbons (Fsp3) is 0.174. The first-order valence-electron chi connectivity index (χ1n) is 9.67. The number of rotatable bonds is 9. The maximum absolute atomic E-state index is 12.6. The van der Waals surface area contributed by atoms with Gasteiger partial charge in [-0.25, -0.2) is 0 Å². The summed E-state index contributed by atoms with van der Waals surface area (Å²) in [6, 6.07) is 21.8. The Balaban J connectivity index is 1.61. The van der Waals surface area contributed by atoms with E-state index in [0.717, 1.165) is 37.4 Å². The van der Waals surface area contributed by atoms with Gasteiger partial charge in [0.15, 0.2) is 16.8 Å². The minimum atomic E-state index is 0.0807. The van der Waals surface area contributed by atoms with Gasteiger partial charge < -0.3 is 9.30 Å². The molecule has 0 unspecified atom stereocenters. The molecule has 2 aromatic carbocycles. The number of Topliss-reactive ketones (excluding diaryl/α,β-unsaturated/α-hetero) is 1. The number of hydrogen-bond acceptors (Lipinski definition) is 6. The third-order valence-corrected chi connectivity index (χ3v) is 7.34. The number of benzene rings is 2. The number of aromatic nitrogens is 3. The van der Waals surface area contributed by atoms with Crippen molar-refractivity contribution in [3.63, 3.8) is 0 Å². The molecule has 0 atom stereocenters. The molecule has 8 heteroatoms. The maximum Gasteiger partial charge on any atom is 0.191 e. The average Bonchev–Trinajstić information content (AvgIpc) is 3.42. The van der Waals surface area contributed by atoms with E-state index in [4.69, 9.17) is 4.74 Å². The van der Waals surface area contributed by atoms with Crippen LogP contribution in [-0.2, 0) is 13.0 Å². The molecule has 0 aliphatic rings. The number of thioether (sulfide) groups is 1. The molecule has 31 heavy (non-hydrogen) atoms. The van der Waals surface area contributed by atoms with Crippen LogP contribution < -0.4 is 4.74 Å². The normalized spacial score (nSPS) is 10.9. The number of aryl methyl sites for hydroxylation is 1. The van der Waals surface area contributed by atoms with Gasteiger partial charge in [0.25, 0.3) is 0 Å². The van der Waals surface area contributed by atoms with Crippen LogP contribution >= 0.6 is 39.0 Å². The van der Waals surface area contributed by atoms with Gasteiger partial charge in [0, 0.05) is 6.54 Å². The Labute approximate surface area is 197 Å². The summed E-state index contributed by atoms with van der Waals surface area (Å²) in [4.78, 5) is 13.3. The third-order valence-electron chi connectivity index (χ3n) is 4.71. The van der Waals surface area contributed by atoms with Crippen molar-refractivity contribution in [3.05, 3.63) is 81.0 Å². The first-order valence-corrected chi connectivity index (χ1v) is 12.3. The molecule has 0 aliphatic heterocycles. The van der Waals surface area contributed by atoms with E-state index >= 15 is 0 Å². The molecule has 5 nitrogen and oxygen atoms in total. The summed E-state index contributed by atoms with van der Waals surface area (Å²) in [5.74, 6) is 1.87. The molecular weight excluding hydrogens is 494 g/mol. The second-order valence-electron chi connectivity index (χ2n) is 6.71. The standard InChI is InChI=1S/C23H20BrN3O2S2/c1-29-19-10-6-5-9-17(19)22-25-26-23(27(22)14-13-16-7-3-2-4-8-16)30-15-18(28)20-11-12-21(24)31-20/h2-12H,13-15H2,1H3. The number of methoxy groups -OCH3 is 1. The number of ketones is 1. The van der Waals surface area contributed by atoms with Crippen molar-refractivity contribution in [2.24, 2.45) is 0 Å². The van der Waals surface area contributed by atoms with E-state index in [1.165, 1.54) is 28.7 Å². The predicted molar refractivity (Wildman–Crippen MR) is 129 cm³/mol. The number of nitrogens with zero attached hydrogens (tertiary/aromatic N) is 3. The molecule has 0 amide bonds. The summed E-state index contributed by atoms with van der Waals surface area (Å²) in [7, 11) is 1.65. The first-order chi connectivity index (χ1) is 15.2. The van der Waals surface area contributed by atoms with Crippen molar-refractivity contribution in [2.45, 2.75) is 18.1 Å². The molecule has 2 aromatic heterocycles. The highest BCUT2D eigenvalue weighted by atomic mass is 79.9. The van der Waals surface area contributed by atoms with Crippen LogP contribution in [0.4, 0.5) is 0 Å². The number of halogens is 1. The number of hydrogen-bond donors (Lipinski definition) is 0. The van der Waals surface area contributed by atoms with Gasteiger partial charge in [0.2, 0.25) is 0 Å². The molecule has 4 rings (SSSR count). The maximum atomic E-state index is 12.6. The number of carbonyl (C=O) groups is 1. The van der Waals surface area contributed by atoms with Crippen LogP contribution in [0.15, 0.2) is 75.7 Å². The topological polar surface area (TPSA) is 57.0 Å². The highest BCUT2D eigenvalue weighted by molar-refractivity contribution is 9.11. The average molecular weight is 514 g/mol. The lowest BCUT2D eigenvalue weighted by molar-refractivity contribution is 0.102. The number of carbonyl (C=O) groups excluding carboxylic acids is 1. The van der Waals surface area contributed by atoms with Crippen LogP contribution in [0.5, 0.6) is 5.75 Å². The monoisotopic (exact) mass is 513 g/mol. The summed E-state index contributed by atoms with van der Waals surface area (Å²) >= 11 is 6.27. The lowest BCUT2D eigenvalue weighted by atomic mass is 10.1. The molecule has 0 aliphatic carbocycles. The first kappa shape index (κ1) is 21.8. The zero-order valence-electron chi connectivity index (χ0n) is 16.8. The van der Waals surface area contributed by atoms with E-state index in [9.17, 15) is 4.79 Å².